The van der Waals surface area contributed by atoms with E-state index >= 15 is 0 Å². The number of sulfone groups is 1. The smallest absolute Gasteiger partial charge is 0.326 e. The number of carbonyl (C=O) groups is 2. The molecule has 116 valence electrons. The Morgan fingerprint density at radius 1 is 1.25 bits per heavy atom. The fourth-order valence-corrected chi connectivity index (χ4v) is 4.21. The molecule has 7 heteroatoms. The van der Waals surface area contributed by atoms with Crippen LogP contribution in [0.4, 0.5) is 0 Å². The lowest BCUT2D eigenvalue weighted by atomic mass is 10.0. The first-order chi connectivity index (χ1) is 9.22. The first kappa shape index (κ1) is 16.9. The highest BCUT2D eigenvalue weighted by Crippen LogP contribution is 2.25. The van der Waals surface area contributed by atoms with E-state index in [-0.39, 0.29) is 12.3 Å². The molecule has 1 saturated carbocycles. The summed E-state index contributed by atoms with van der Waals surface area (Å²) in [7, 11) is -3.46. The second-order valence-electron chi connectivity index (χ2n) is 5.80. The van der Waals surface area contributed by atoms with Crippen molar-refractivity contribution in [3.8, 4) is 0 Å². The van der Waals surface area contributed by atoms with E-state index in [2.05, 4.69) is 5.32 Å². The zero-order valence-electron chi connectivity index (χ0n) is 12.0. The van der Waals surface area contributed by atoms with E-state index in [1.54, 1.807) is 0 Å². The molecule has 1 aliphatic rings. The van der Waals surface area contributed by atoms with Crippen molar-refractivity contribution in [2.45, 2.75) is 57.2 Å². The van der Waals surface area contributed by atoms with E-state index in [1.807, 2.05) is 13.8 Å². The van der Waals surface area contributed by atoms with Gasteiger partial charge in [-0.15, -0.1) is 0 Å². The summed E-state index contributed by atoms with van der Waals surface area (Å²) in [5.41, 5.74) is 0. The van der Waals surface area contributed by atoms with Gasteiger partial charge in [-0.3, -0.25) is 4.79 Å². The van der Waals surface area contributed by atoms with Gasteiger partial charge in [0.05, 0.1) is 5.25 Å². The zero-order valence-corrected chi connectivity index (χ0v) is 12.8. The standard InChI is InChI=1S/C13H23NO5S/c1-9(2)7-11(13(16)17)14-12(15)8-20(18,19)10-5-3-4-6-10/h9-11H,3-8H2,1-2H3,(H,14,15)(H,16,17)/t11-/m0/s1. The maximum atomic E-state index is 12.0. The van der Waals surface area contributed by atoms with Gasteiger partial charge < -0.3 is 10.4 Å². The molecule has 0 spiro atoms. The van der Waals surface area contributed by atoms with E-state index in [4.69, 9.17) is 5.11 Å². The number of amides is 1. The third-order valence-electron chi connectivity index (χ3n) is 3.48. The average molecular weight is 305 g/mol. The highest BCUT2D eigenvalue weighted by Gasteiger charge is 2.31. The molecule has 1 aliphatic carbocycles. The predicted molar refractivity (Wildman–Crippen MR) is 75.1 cm³/mol. The summed E-state index contributed by atoms with van der Waals surface area (Å²) in [5.74, 6) is -2.36. The van der Waals surface area contributed by atoms with Gasteiger partial charge in [0.25, 0.3) is 0 Å². The molecule has 0 bridgehead atoms. The molecule has 0 aromatic rings. The number of rotatable bonds is 7. The fourth-order valence-electron chi connectivity index (χ4n) is 2.48. The third kappa shape index (κ3) is 5.11. The molecule has 1 atom stereocenters. The minimum absolute atomic E-state index is 0.0999. The Morgan fingerprint density at radius 3 is 2.25 bits per heavy atom. The van der Waals surface area contributed by atoms with Crippen molar-refractivity contribution in [1.82, 2.24) is 5.32 Å². The van der Waals surface area contributed by atoms with Gasteiger partial charge in [0.1, 0.15) is 11.8 Å². The summed E-state index contributed by atoms with van der Waals surface area (Å²) in [6, 6.07) is -1.03. The van der Waals surface area contributed by atoms with E-state index in [1.165, 1.54) is 0 Å². The maximum absolute atomic E-state index is 12.0. The van der Waals surface area contributed by atoms with Gasteiger partial charge >= 0.3 is 5.97 Å². The number of carbonyl (C=O) groups excluding carboxylic acids is 1. The van der Waals surface area contributed by atoms with Crippen LogP contribution in [0, 0.1) is 5.92 Å². The van der Waals surface area contributed by atoms with Crippen LogP contribution in [-0.2, 0) is 19.4 Å². The Kier molecular flexibility index (Phi) is 5.98. The van der Waals surface area contributed by atoms with Crippen molar-refractivity contribution in [1.29, 1.82) is 0 Å². The molecule has 1 rings (SSSR count). The van der Waals surface area contributed by atoms with Gasteiger partial charge in [-0.25, -0.2) is 13.2 Å². The van der Waals surface area contributed by atoms with E-state index in [0.717, 1.165) is 12.8 Å². The highest BCUT2D eigenvalue weighted by atomic mass is 32.2. The largest absolute Gasteiger partial charge is 0.480 e. The predicted octanol–water partition coefficient (Wildman–Crippen LogP) is 0.959. The molecule has 0 heterocycles. The Balaban J connectivity index is 2.59. The number of hydrogen-bond acceptors (Lipinski definition) is 4. The molecule has 2 N–H and O–H groups in total. The van der Waals surface area contributed by atoms with Crippen molar-refractivity contribution < 1.29 is 23.1 Å². The Hall–Kier alpha value is -1.11. The summed E-state index contributed by atoms with van der Waals surface area (Å²) in [4.78, 5) is 22.8. The number of aliphatic carboxylic acids is 1. The lowest BCUT2D eigenvalue weighted by Gasteiger charge is -2.17. The Bertz CT molecular complexity index is 451. The molecule has 1 fully saturated rings. The SMILES string of the molecule is CC(C)C[C@H](NC(=O)CS(=O)(=O)C1CCCC1)C(=O)O. The van der Waals surface area contributed by atoms with Crippen LogP contribution in [-0.4, -0.2) is 42.4 Å². The summed E-state index contributed by atoms with van der Waals surface area (Å²) in [6.45, 7) is 3.69. The topological polar surface area (TPSA) is 101 Å². The summed E-state index contributed by atoms with van der Waals surface area (Å²) in [5, 5.41) is 10.9. The Morgan fingerprint density at radius 2 is 1.80 bits per heavy atom. The lowest BCUT2D eigenvalue weighted by Crippen LogP contribution is -2.44. The van der Waals surface area contributed by atoms with Crippen molar-refractivity contribution in [3.63, 3.8) is 0 Å². The van der Waals surface area contributed by atoms with Crippen molar-refractivity contribution in [2.75, 3.05) is 5.75 Å². The molecule has 20 heavy (non-hydrogen) atoms. The van der Waals surface area contributed by atoms with Crippen LogP contribution >= 0.6 is 0 Å². The molecule has 0 aromatic heterocycles. The van der Waals surface area contributed by atoms with Crippen molar-refractivity contribution in [3.05, 3.63) is 0 Å². The second kappa shape index (κ2) is 7.06. The molecule has 0 unspecified atom stereocenters. The highest BCUT2D eigenvalue weighted by molar-refractivity contribution is 7.92. The molecular formula is C13H23NO5S. The molecule has 1 amide bonds. The first-order valence-corrected chi connectivity index (χ1v) is 8.67. The second-order valence-corrected chi connectivity index (χ2v) is 8.08. The molecule has 0 aromatic carbocycles. The molecule has 6 nitrogen and oxygen atoms in total. The minimum Gasteiger partial charge on any atom is -0.480 e. The van der Waals surface area contributed by atoms with Gasteiger partial charge in [0.2, 0.25) is 5.91 Å². The van der Waals surface area contributed by atoms with Crippen LogP contribution in [0.5, 0.6) is 0 Å². The fraction of sp³-hybridized carbons (Fsp3) is 0.846. The molecule has 0 saturated heterocycles. The van der Waals surface area contributed by atoms with Crippen LogP contribution in [0.1, 0.15) is 46.0 Å². The molecule has 0 radical (unpaired) electrons. The minimum atomic E-state index is -3.46. The number of carboxylic acid groups (broad SMARTS) is 1. The van der Waals surface area contributed by atoms with Gasteiger partial charge in [0, 0.05) is 0 Å². The van der Waals surface area contributed by atoms with Gasteiger partial charge in [-0.2, -0.15) is 0 Å². The lowest BCUT2D eigenvalue weighted by molar-refractivity contribution is -0.141. The van der Waals surface area contributed by atoms with E-state index in [0.29, 0.717) is 12.8 Å². The third-order valence-corrected chi connectivity index (χ3v) is 5.63. The quantitative estimate of drug-likeness (QED) is 0.729. The normalized spacial score (nSPS) is 18.1. The summed E-state index contributed by atoms with van der Waals surface area (Å²) >= 11 is 0. The monoisotopic (exact) mass is 305 g/mol. The number of nitrogens with one attached hydrogen (secondary N) is 1. The summed E-state index contributed by atoms with van der Waals surface area (Å²) < 4.78 is 24.0. The maximum Gasteiger partial charge on any atom is 0.326 e. The van der Waals surface area contributed by atoms with Crippen molar-refractivity contribution >= 4 is 21.7 Å². The molecular weight excluding hydrogens is 282 g/mol. The number of carboxylic acids is 1. The Labute approximate surface area is 119 Å². The average Bonchev–Trinajstić information content (AvgIpc) is 2.80. The van der Waals surface area contributed by atoms with Gasteiger partial charge in [0.15, 0.2) is 9.84 Å². The van der Waals surface area contributed by atoms with Crippen LogP contribution in [0.3, 0.4) is 0 Å². The zero-order chi connectivity index (χ0) is 15.3. The van der Waals surface area contributed by atoms with Crippen LogP contribution < -0.4 is 5.32 Å². The van der Waals surface area contributed by atoms with Crippen molar-refractivity contribution in [2.24, 2.45) is 5.92 Å². The molecule has 0 aliphatic heterocycles. The number of hydrogen-bond donors (Lipinski definition) is 2. The van der Waals surface area contributed by atoms with Gasteiger partial charge in [-0.05, 0) is 25.2 Å². The van der Waals surface area contributed by atoms with E-state index in [9.17, 15) is 18.0 Å². The first-order valence-electron chi connectivity index (χ1n) is 6.96. The van der Waals surface area contributed by atoms with Crippen LogP contribution in [0.15, 0.2) is 0 Å². The van der Waals surface area contributed by atoms with E-state index < -0.39 is 38.8 Å². The van der Waals surface area contributed by atoms with Crippen LogP contribution in [0.25, 0.3) is 0 Å². The van der Waals surface area contributed by atoms with Crippen LogP contribution in [0.2, 0.25) is 0 Å². The summed E-state index contributed by atoms with van der Waals surface area (Å²) in [6.07, 6.45) is 3.23. The van der Waals surface area contributed by atoms with Gasteiger partial charge in [-0.1, -0.05) is 26.7 Å².